The fraction of sp³-hybridized carbons (Fsp3) is 1.00. The molecule has 16 heteroatoms. The smallest absolute Gasteiger partial charge is 0.230 e. The lowest BCUT2D eigenvalue weighted by atomic mass is 9.82. The van der Waals surface area contributed by atoms with Gasteiger partial charge in [0.15, 0.2) is 0 Å². The molecular weight excluding hydrogens is 472 g/mol. The van der Waals surface area contributed by atoms with E-state index >= 15 is 0 Å². The topological polar surface area (TPSA) is 280 Å². The van der Waals surface area contributed by atoms with Crippen LogP contribution in [0.2, 0.25) is 0 Å². The molecule has 3 aliphatic rings. The van der Waals surface area contributed by atoms with Crippen LogP contribution in [0.15, 0.2) is 0 Å². The molecule has 0 aromatic rings. The van der Waals surface area contributed by atoms with Gasteiger partial charge in [-0.25, -0.2) is 0 Å². The maximum atomic E-state index is 10.9. The first kappa shape index (κ1) is 27.9. The van der Waals surface area contributed by atoms with Crippen molar-refractivity contribution in [2.24, 2.45) is 0 Å². The zero-order chi connectivity index (χ0) is 25.6. The first-order valence-corrected chi connectivity index (χ1v) is 10.5. The van der Waals surface area contributed by atoms with Gasteiger partial charge in [-0.2, -0.15) is 0 Å². The zero-order valence-corrected chi connectivity index (χ0v) is 17.8. The molecule has 3 fully saturated rings. The van der Waals surface area contributed by atoms with Crippen LogP contribution in [0.25, 0.3) is 0 Å². The van der Waals surface area contributed by atoms with E-state index in [1.54, 1.807) is 0 Å². The van der Waals surface area contributed by atoms with Gasteiger partial charge in [-0.1, -0.05) is 0 Å². The van der Waals surface area contributed by atoms with Gasteiger partial charge in [0.05, 0.1) is 19.8 Å². The highest BCUT2D eigenvalue weighted by Gasteiger charge is 2.69. The van der Waals surface area contributed by atoms with Gasteiger partial charge >= 0.3 is 0 Å². The Balaban J connectivity index is 2.13. The fourth-order valence-electron chi connectivity index (χ4n) is 4.50. The predicted molar refractivity (Wildman–Crippen MR) is 101 cm³/mol. The molecule has 14 atom stereocenters. The van der Waals surface area contributed by atoms with Gasteiger partial charge in [0.25, 0.3) is 0 Å². The SMILES string of the molecule is OC[C@H]1O[C@H](C2(O[C@@]3(CO)O[C@H](CO)[C@@H](O)[C@@H]3O)O[C@H](CO)[C@@H](O)[C@H](O)[C@H]2O)[C@H](O)[C@@H](O)[C@H]1O. The summed E-state index contributed by atoms with van der Waals surface area (Å²) in [6.45, 7) is -4.04. The van der Waals surface area contributed by atoms with E-state index in [1.807, 2.05) is 0 Å². The summed E-state index contributed by atoms with van der Waals surface area (Å²) in [6, 6.07) is 0. The van der Waals surface area contributed by atoms with Crippen molar-refractivity contribution in [3.8, 4) is 0 Å². The quantitative estimate of drug-likeness (QED) is 0.153. The minimum absolute atomic E-state index is 0.861. The van der Waals surface area contributed by atoms with E-state index in [0.29, 0.717) is 0 Å². The summed E-state index contributed by atoms with van der Waals surface area (Å²) in [5.41, 5.74) is 0. The molecule has 0 aromatic heterocycles. The molecule has 0 aliphatic carbocycles. The highest BCUT2D eigenvalue weighted by atomic mass is 16.8. The molecule has 0 amide bonds. The molecule has 3 rings (SSSR count). The van der Waals surface area contributed by atoms with Crippen molar-refractivity contribution >= 4 is 0 Å². The van der Waals surface area contributed by atoms with E-state index in [2.05, 4.69) is 0 Å². The van der Waals surface area contributed by atoms with E-state index in [9.17, 15) is 61.3 Å². The van der Waals surface area contributed by atoms with Gasteiger partial charge < -0.3 is 80.2 Å². The number of hydrogen-bond donors (Lipinski definition) is 12. The van der Waals surface area contributed by atoms with Gasteiger partial charge in [-0.05, 0) is 0 Å². The number of aliphatic hydroxyl groups excluding tert-OH is 12. The lowest BCUT2D eigenvalue weighted by Gasteiger charge is -2.56. The maximum Gasteiger partial charge on any atom is 0.230 e. The lowest BCUT2D eigenvalue weighted by molar-refractivity contribution is -0.468. The van der Waals surface area contributed by atoms with E-state index in [0.717, 1.165) is 0 Å². The highest BCUT2D eigenvalue weighted by molar-refractivity contribution is 5.09. The fourth-order valence-corrected chi connectivity index (χ4v) is 4.50. The van der Waals surface area contributed by atoms with Gasteiger partial charge in [0.1, 0.15) is 79.9 Å². The van der Waals surface area contributed by atoms with Crippen molar-refractivity contribution < 1.29 is 80.2 Å². The summed E-state index contributed by atoms with van der Waals surface area (Å²) in [5.74, 6) is -5.68. The van der Waals surface area contributed by atoms with E-state index in [1.165, 1.54) is 0 Å². The van der Waals surface area contributed by atoms with Crippen LogP contribution < -0.4 is 0 Å². The van der Waals surface area contributed by atoms with Gasteiger partial charge in [0.2, 0.25) is 11.6 Å². The van der Waals surface area contributed by atoms with Crippen molar-refractivity contribution in [1.29, 1.82) is 0 Å². The maximum absolute atomic E-state index is 10.9. The van der Waals surface area contributed by atoms with Crippen LogP contribution in [-0.4, -0.2) is 173 Å². The molecule has 1 unspecified atom stereocenters. The third kappa shape index (κ3) is 4.26. The van der Waals surface area contributed by atoms with Crippen LogP contribution in [0.3, 0.4) is 0 Å². The molecule has 3 saturated heterocycles. The van der Waals surface area contributed by atoms with Crippen LogP contribution in [-0.2, 0) is 18.9 Å². The molecule has 12 N–H and O–H groups in total. The van der Waals surface area contributed by atoms with Crippen LogP contribution in [0.4, 0.5) is 0 Å². The normalized spacial score (nSPS) is 54.4. The third-order valence-corrected chi connectivity index (χ3v) is 6.51. The Hall–Kier alpha value is -0.640. The average molecular weight is 504 g/mol. The second kappa shape index (κ2) is 10.4. The van der Waals surface area contributed by atoms with Crippen LogP contribution in [0.1, 0.15) is 0 Å². The largest absolute Gasteiger partial charge is 0.394 e. The summed E-state index contributed by atoms with van der Waals surface area (Å²) in [4.78, 5) is 0. The molecular formula is C18H32O16. The van der Waals surface area contributed by atoms with Crippen molar-refractivity contribution in [3.63, 3.8) is 0 Å². The first-order chi connectivity index (χ1) is 15.9. The van der Waals surface area contributed by atoms with Crippen LogP contribution in [0.5, 0.6) is 0 Å². The molecule has 3 heterocycles. The molecule has 0 aromatic carbocycles. The Morgan fingerprint density at radius 1 is 0.559 bits per heavy atom. The lowest BCUT2D eigenvalue weighted by Crippen LogP contribution is -2.77. The predicted octanol–water partition coefficient (Wildman–Crippen LogP) is -8.18. The first-order valence-electron chi connectivity index (χ1n) is 10.5. The number of rotatable bonds is 7. The van der Waals surface area contributed by atoms with Crippen molar-refractivity contribution in [2.75, 3.05) is 26.4 Å². The van der Waals surface area contributed by atoms with Crippen LogP contribution >= 0.6 is 0 Å². The Bertz CT molecular complexity index is 680. The molecule has 0 radical (unpaired) electrons. The Labute approximate surface area is 192 Å². The Morgan fingerprint density at radius 2 is 1.09 bits per heavy atom. The third-order valence-electron chi connectivity index (χ3n) is 6.51. The molecule has 0 saturated carbocycles. The number of ether oxygens (including phenoxy) is 4. The van der Waals surface area contributed by atoms with E-state index in [4.69, 9.17) is 18.9 Å². The molecule has 34 heavy (non-hydrogen) atoms. The summed E-state index contributed by atoms with van der Waals surface area (Å²) in [7, 11) is 0. The molecule has 3 aliphatic heterocycles. The van der Waals surface area contributed by atoms with Gasteiger partial charge in [0, 0.05) is 0 Å². The zero-order valence-electron chi connectivity index (χ0n) is 17.8. The second-order valence-corrected chi connectivity index (χ2v) is 8.58. The van der Waals surface area contributed by atoms with Crippen molar-refractivity contribution in [1.82, 2.24) is 0 Å². The van der Waals surface area contributed by atoms with E-state index < -0.39 is 111 Å². The molecule has 16 nitrogen and oxygen atoms in total. The van der Waals surface area contributed by atoms with E-state index in [-0.39, 0.29) is 0 Å². The van der Waals surface area contributed by atoms with Crippen molar-refractivity contribution in [3.05, 3.63) is 0 Å². The van der Waals surface area contributed by atoms with Gasteiger partial charge in [-0.3, -0.25) is 0 Å². The minimum atomic E-state index is -2.98. The molecule has 0 spiro atoms. The summed E-state index contributed by atoms with van der Waals surface area (Å²) in [6.07, 6.45) is -23.5. The molecule has 200 valence electrons. The van der Waals surface area contributed by atoms with Crippen molar-refractivity contribution in [2.45, 2.75) is 84.8 Å². The monoisotopic (exact) mass is 504 g/mol. The van der Waals surface area contributed by atoms with Crippen LogP contribution in [0, 0.1) is 0 Å². The average Bonchev–Trinajstić information content (AvgIpc) is 3.08. The Morgan fingerprint density at radius 3 is 1.59 bits per heavy atom. The number of aliphatic hydroxyl groups is 12. The second-order valence-electron chi connectivity index (χ2n) is 8.58. The highest BCUT2D eigenvalue weighted by Crippen LogP contribution is 2.45. The summed E-state index contributed by atoms with van der Waals surface area (Å²) >= 11 is 0. The molecule has 0 bridgehead atoms. The summed E-state index contributed by atoms with van der Waals surface area (Å²) < 4.78 is 21.8. The minimum Gasteiger partial charge on any atom is -0.394 e. The number of hydrogen-bond acceptors (Lipinski definition) is 16. The van der Waals surface area contributed by atoms with Gasteiger partial charge in [-0.15, -0.1) is 0 Å². The summed E-state index contributed by atoms with van der Waals surface area (Å²) in [5, 5.41) is 122. The standard InChI is InChI=1S/C18H32O16/c19-1-5-8(23)11(26)13(28)16(31-5)18(15(30)12(27)9(24)6(2-20)33-18)34-17(4-22)14(29)10(25)7(3-21)32-17/h5-16,19-30H,1-4H2/t5-,6-,7-,8+,9-,10-,11+,12+,13-,14+,15-,16+,17-,18?/m1/s1. The Kier molecular flexibility index (Phi) is 8.53.